The van der Waals surface area contributed by atoms with Crippen molar-refractivity contribution < 1.29 is 4.79 Å². The van der Waals surface area contributed by atoms with Crippen LogP contribution in [0.25, 0.3) is 22.2 Å². The van der Waals surface area contributed by atoms with Crippen molar-refractivity contribution in [2.75, 3.05) is 5.75 Å². The highest BCUT2D eigenvalue weighted by molar-refractivity contribution is 7.99. The molecular formula is C24H20N2OS. The fourth-order valence-electron chi connectivity index (χ4n) is 3.16. The van der Waals surface area contributed by atoms with Crippen molar-refractivity contribution in [3.05, 3.63) is 97.1 Å². The maximum Gasteiger partial charge on any atom is 0.173 e. The molecule has 3 aromatic carbocycles. The fraction of sp³-hybridized carbons (Fsp3) is 0.0833. The number of nitrogens with zero attached hydrogens (tertiary/aromatic N) is 2. The summed E-state index contributed by atoms with van der Waals surface area (Å²) in [5.41, 5.74) is 4.97. The second kappa shape index (κ2) is 8.28. The molecule has 4 aromatic rings. The van der Waals surface area contributed by atoms with Crippen LogP contribution in [0.1, 0.15) is 10.4 Å². The first kappa shape index (κ1) is 18.3. The predicted octanol–water partition coefficient (Wildman–Crippen LogP) is 5.86. The molecular weight excluding hydrogens is 364 g/mol. The Kier molecular flexibility index (Phi) is 5.40. The second-order valence-electron chi connectivity index (χ2n) is 6.44. The van der Waals surface area contributed by atoms with Crippen LogP contribution in [0.5, 0.6) is 0 Å². The quantitative estimate of drug-likeness (QED) is 0.227. The maximum atomic E-state index is 12.7. The van der Waals surface area contributed by atoms with Crippen molar-refractivity contribution >= 4 is 28.6 Å². The minimum absolute atomic E-state index is 0.0989. The Bertz CT molecular complexity index is 1110. The molecule has 3 nitrogen and oxygen atoms in total. The minimum atomic E-state index is 0.0989. The molecule has 0 spiro atoms. The Balaban J connectivity index is 1.49. The van der Waals surface area contributed by atoms with Gasteiger partial charge in [0.1, 0.15) is 0 Å². The van der Waals surface area contributed by atoms with Gasteiger partial charge in [-0.1, -0.05) is 84.6 Å². The Morgan fingerprint density at radius 1 is 0.929 bits per heavy atom. The van der Waals surface area contributed by atoms with Crippen LogP contribution in [0.3, 0.4) is 0 Å². The van der Waals surface area contributed by atoms with E-state index in [1.54, 1.807) is 0 Å². The lowest BCUT2D eigenvalue weighted by Crippen LogP contribution is -2.04. The van der Waals surface area contributed by atoms with Gasteiger partial charge in [-0.3, -0.25) is 4.79 Å². The van der Waals surface area contributed by atoms with Crippen LogP contribution in [0, 0.1) is 0 Å². The average molecular weight is 385 g/mol. The van der Waals surface area contributed by atoms with Gasteiger partial charge in [0.15, 0.2) is 10.9 Å². The molecule has 0 radical (unpaired) electrons. The largest absolute Gasteiger partial charge is 0.315 e. The number of ketones is 1. The summed E-state index contributed by atoms with van der Waals surface area (Å²) in [4.78, 5) is 17.3. The van der Waals surface area contributed by atoms with Crippen molar-refractivity contribution in [1.82, 2.24) is 9.55 Å². The lowest BCUT2D eigenvalue weighted by molar-refractivity contribution is 0.102. The maximum absolute atomic E-state index is 12.7. The molecule has 0 aliphatic carbocycles. The third-order valence-corrected chi connectivity index (χ3v) is 5.55. The SMILES string of the molecule is C=CCn1c(SCC(=O)c2ccc(-c3ccccc3)cc2)nc2ccccc21. The van der Waals surface area contributed by atoms with Gasteiger partial charge in [-0.05, 0) is 23.3 Å². The molecule has 0 saturated heterocycles. The number of rotatable bonds is 7. The Morgan fingerprint density at radius 3 is 2.36 bits per heavy atom. The number of thioether (sulfide) groups is 1. The smallest absolute Gasteiger partial charge is 0.173 e. The molecule has 0 N–H and O–H groups in total. The van der Waals surface area contributed by atoms with Gasteiger partial charge in [-0.25, -0.2) is 4.98 Å². The molecule has 0 aliphatic rings. The van der Waals surface area contributed by atoms with E-state index in [4.69, 9.17) is 0 Å². The van der Waals surface area contributed by atoms with Gasteiger partial charge in [-0.2, -0.15) is 0 Å². The van der Waals surface area contributed by atoms with Crippen molar-refractivity contribution in [1.29, 1.82) is 0 Å². The highest BCUT2D eigenvalue weighted by atomic mass is 32.2. The van der Waals surface area contributed by atoms with Crippen molar-refractivity contribution in [2.45, 2.75) is 11.7 Å². The molecule has 0 atom stereocenters. The van der Waals surface area contributed by atoms with Gasteiger partial charge in [0.25, 0.3) is 0 Å². The molecule has 28 heavy (non-hydrogen) atoms. The standard InChI is InChI=1S/C24H20N2OS/c1-2-16-26-22-11-7-6-10-21(22)25-24(26)28-17-23(27)20-14-12-19(13-15-20)18-8-4-3-5-9-18/h2-15H,1,16-17H2. The molecule has 0 bridgehead atoms. The number of aromatic nitrogens is 2. The number of allylic oxidation sites excluding steroid dienone is 1. The highest BCUT2D eigenvalue weighted by Crippen LogP contribution is 2.25. The molecule has 138 valence electrons. The highest BCUT2D eigenvalue weighted by Gasteiger charge is 2.13. The fourth-order valence-corrected chi connectivity index (χ4v) is 4.08. The normalized spacial score (nSPS) is 10.9. The number of para-hydroxylation sites is 2. The average Bonchev–Trinajstić information content (AvgIpc) is 3.11. The molecule has 0 fully saturated rings. The lowest BCUT2D eigenvalue weighted by Gasteiger charge is -2.06. The Labute approximate surface area is 168 Å². The first-order valence-electron chi connectivity index (χ1n) is 9.14. The van der Waals surface area contributed by atoms with Gasteiger partial charge < -0.3 is 4.57 Å². The zero-order valence-corrected chi connectivity index (χ0v) is 16.2. The van der Waals surface area contributed by atoms with Gasteiger partial charge >= 0.3 is 0 Å². The summed E-state index contributed by atoms with van der Waals surface area (Å²) in [5.74, 6) is 0.451. The summed E-state index contributed by atoms with van der Waals surface area (Å²) in [6, 6.07) is 26.0. The van der Waals surface area contributed by atoms with Crippen molar-refractivity contribution in [3.8, 4) is 11.1 Å². The van der Waals surface area contributed by atoms with Crippen LogP contribution >= 0.6 is 11.8 Å². The molecule has 4 heteroatoms. The minimum Gasteiger partial charge on any atom is -0.315 e. The third-order valence-electron chi connectivity index (χ3n) is 4.58. The first-order chi connectivity index (χ1) is 13.8. The van der Waals surface area contributed by atoms with Gasteiger partial charge in [0, 0.05) is 12.1 Å². The van der Waals surface area contributed by atoms with Crippen molar-refractivity contribution in [2.24, 2.45) is 0 Å². The number of hydrogen-bond donors (Lipinski definition) is 0. The lowest BCUT2D eigenvalue weighted by atomic mass is 10.0. The van der Waals surface area contributed by atoms with E-state index in [-0.39, 0.29) is 5.78 Å². The number of imidazole rings is 1. The van der Waals surface area contributed by atoms with E-state index in [2.05, 4.69) is 28.3 Å². The van der Waals surface area contributed by atoms with Gasteiger partial charge in [0.2, 0.25) is 0 Å². The number of Topliss-reactive ketones (excluding diaryl/α,β-unsaturated/α-hetero) is 1. The van der Waals surface area contributed by atoms with Gasteiger partial charge in [0.05, 0.1) is 16.8 Å². The van der Waals surface area contributed by atoms with E-state index < -0.39 is 0 Å². The van der Waals surface area contributed by atoms with E-state index in [9.17, 15) is 4.79 Å². The van der Waals surface area contributed by atoms with Crippen LogP contribution < -0.4 is 0 Å². The number of hydrogen-bond acceptors (Lipinski definition) is 3. The number of fused-ring (bicyclic) bond motifs is 1. The van der Waals surface area contributed by atoms with Crippen molar-refractivity contribution in [3.63, 3.8) is 0 Å². The number of carbonyl (C=O) groups excluding carboxylic acids is 1. The number of carbonyl (C=O) groups is 1. The van der Waals surface area contributed by atoms with Crippen LogP contribution in [0.4, 0.5) is 0 Å². The molecule has 0 aliphatic heterocycles. The van der Waals surface area contributed by atoms with Crippen LogP contribution in [-0.4, -0.2) is 21.1 Å². The summed E-state index contributed by atoms with van der Waals surface area (Å²) < 4.78 is 2.10. The van der Waals surface area contributed by atoms with Gasteiger partial charge in [-0.15, -0.1) is 6.58 Å². The summed E-state index contributed by atoms with van der Waals surface area (Å²) in [7, 11) is 0. The molecule has 1 aromatic heterocycles. The summed E-state index contributed by atoms with van der Waals surface area (Å²) in [6.07, 6.45) is 1.85. The first-order valence-corrected chi connectivity index (χ1v) is 10.1. The van der Waals surface area contributed by atoms with E-state index in [0.717, 1.165) is 32.9 Å². The molecule has 1 heterocycles. The molecule has 0 amide bonds. The van der Waals surface area contributed by atoms with E-state index in [1.165, 1.54) is 11.8 Å². The third kappa shape index (κ3) is 3.78. The van der Waals surface area contributed by atoms with Crippen LogP contribution in [0.2, 0.25) is 0 Å². The molecule has 0 saturated carbocycles. The zero-order chi connectivity index (χ0) is 19.3. The Morgan fingerprint density at radius 2 is 1.61 bits per heavy atom. The monoisotopic (exact) mass is 384 g/mol. The van der Waals surface area contributed by atoms with Crippen LogP contribution in [0.15, 0.2) is 96.7 Å². The molecule has 4 rings (SSSR count). The van der Waals surface area contributed by atoms with E-state index in [1.807, 2.05) is 72.8 Å². The van der Waals surface area contributed by atoms with E-state index >= 15 is 0 Å². The number of benzene rings is 3. The van der Waals surface area contributed by atoms with Crippen LogP contribution in [-0.2, 0) is 6.54 Å². The topological polar surface area (TPSA) is 34.9 Å². The summed E-state index contributed by atoms with van der Waals surface area (Å²) in [5, 5.41) is 0.843. The van der Waals surface area contributed by atoms with E-state index in [0.29, 0.717) is 12.3 Å². The predicted molar refractivity (Wildman–Crippen MR) is 117 cm³/mol. The second-order valence-corrected chi connectivity index (χ2v) is 7.38. The zero-order valence-electron chi connectivity index (χ0n) is 15.4. The molecule has 0 unspecified atom stereocenters. The summed E-state index contributed by atoms with van der Waals surface area (Å²) in [6.45, 7) is 4.50. The Hall–Kier alpha value is -3.11. The summed E-state index contributed by atoms with van der Waals surface area (Å²) >= 11 is 1.47.